The molecule has 1 aromatic heterocycles. The molecule has 1 aromatic rings. The summed E-state index contributed by atoms with van der Waals surface area (Å²) in [4.78, 5) is 8.59. The summed E-state index contributed by atoms with van der Waals surface area (Å²) in [7, 11) is 0. The molecule has 2 N–H and O–H groups in total. The first-order valence-corrected chi connectivity index (χ1v) is 6.82. The van der Waals surface area contributed by atoms with Crippen molar-refractivity contribution in [1.82, 2.24) is 15.3 Å². The van der Waals surface area contributed by atoms with Gasteiger partial charge in [-0.1, -0.05) is 0 Å². The molecule has 1 saturated heterocycles. The first-order chi connectivity index (χ1) is 8.83. The lowest BCUT2D eigenvalue weighted by molar-refractivity contribution is 0.120. The number of hydrogen-bond donors (Lipinski definition) is 2. The van der Waals surface area contributed by atoms with Crippen LogP contribution in [0.4, 0.5) is 5.82 Å². The van der Waals surface area contributed by atoms with Gasteiger partial charge < -0.3 is 15.4 Å². The molecule has 0 amide bonds. The van der Waals surface area contributed by atoms with Crippen molar-refractivity contribution in [3.8, 4) is 0 Å². The Bertz CT molecular complexity index is 434. The van der Waals surface area contributed by atoms with Gasteiger partial charge in [0, 0.05) is 38.2 Å². The minimum absolute atomic E-state index is 0.297. The van der Waals surface area contributed by atoms with Gasteiger partial charge in [0.15, 0.2) is 0 Å². The zero-order valence-corrected chi connectivity index (χ0v) is 11.0. The van der Waals surface area contributed by atoms with E-state index in [-0.39, 0.29) is 0 Å². The summed E-state index contributed by atoms with van der Waals surface area (Å²) in [6.45, 7) is 3.42. The van der Waals surface area contributed by atoms with E-state index >= 15 is 0 Å². The quantitative estimate of drug-likeness (QED) is 0.811. The highest BCUT2D eigenvalue weighted by molar-refractivity contribution is 6.28. The molecule has 0 bridgehead atoms. The lowest BCUT2D eigenvalue weighted by Crippen LogP contribution is -2.27. The van der Waals surface area contributed by atoms with Crippen LogP contribution in [0.5, 0.6) is 0 Å². The number of nitrogens with zero attached hydrogens (tertiary/aromatic N) is 2. The Labute approximate surface area is 111 Å². The Kier molecular flexibility index (Phi) is 3.63. The second-order valence-electron chi connectivity index (χ2n) is 4.71. The van der Waals surface area contributed by atoms with Gasteiger partial charge in [0.05, 0.1) is 11.8 Å². The van der Waals surface area contributed by atoms with Crippen molar-refractivity contribution >= 4 is 17.4 Å². The maximum absolute atomic E-state index is 5.96. The fourth-order valence-electron chi connectivity index (χ4n) is 2.48. The number of hydrogen-bond acceptors (Lipinski definition) is 5. The lowest BCUT2D eigenvalue weighted by Gasteiger charge is -2.20. The largest absolute Gasteiger partial charge is 0.376 e. The maximum atomic E-state index is 5.96. The van der Waals surface area contributed by atoms with E-state index in [1.807, 2.05) is 0 Å². The number of aromatic nitrogens is 2. The average Bonchev–Trinajstić information content (AvgIpc) is 2.89. The first kappa shape index (κ1) is 12.1. The highest BCUT2D eigenvalue weighted by atomic mass is 35.5. The monoisotopic (exact) mass is 268 g/mol. The molecule has 2 aliphatic heterocycles. The predicted molar refractivity (Wildman–Crippen MR) is 69.9 cm³/mol. The molecule has 1 atom stereocenters. The molecule has 3 rings (SSSR count). The SMILES string of the molecule is Clc1nc2c(c(NCC3CCCO3)n1)CNCC2. The zero-order chi connectivity index (χ0) is 12.4. The number of ether oxygens (including phenoxy) is 1. The van der Waals surface area contributed by atoms with E-state index in [2.05, 4.69) is 20.6 Å². The van der Waals surface area contributed by atoms with Crippen molar-refractivity contribution in [2.45, 2.75) is 31.9 Å². The van der Waals surface area contributed by atoms with Crippen LogP contribution in [0.15, 0.2) is 0 Å². The van der Waals surface area contributed by atoms with E-state index in [9.17, 15) is 0 Å². The molecule has 5 nitrogen and oxygen atoms in total. The molecular formula is C12H17ClN4O. The van der Waals surface area contributed by atoms with Crippen LogP contribution in [0, 0.1) is 0 Å². The van der Waals surface area contributed by atoms with Gasteiger partial charge in [-0.25, -0.2) is 9.97 Å². The number of nitrogens with one attached hydrogen (secondary N) is 2. The third-order valence-electron chi connectivity index (χ3n) is 3.43. The van der Waals surface area contributed by atoms with Gasteiger partial charge in [0.2, 0.25) is 5.28 Å². The van der Waals surface area contributed by atoms with Gasteiger partial charge in [0.1, 0.15) is 5.82 Å². The van der Waals surface area contributed by atoms with Crippen molar-refractivity contribution in [2.75, 3.05) is 25.0 Å². The van der Waals surface area contributed by atoms with E-state index in [1.165, 1.54) is 0 Å². The van der Waals surface area contributed by atoms with Crippen molar-refractivity contribution in [3.63, 3.8) is 0 Å². The molecule has 0 aromatic carbocycles. The van der Waals surface area contributed by atoms with Gasteiger partial charge in [0.25, 0.3) is 0 Å². The van der Waals surface area contributed by atoms with Gasteiger partial charge in [-0.2, -0.15) is 0 Å². The van der Waals surface area contributed by atoms with Crippen LogP contribution in [-0.2, 0) is 17.7 Å². The zero-order valence-electron chi connectivity index (χ0n) is 10.2. The summed E-state index contributed by atoms with van der Waals surface area (Å²) in [5.74, 6) is 0.854. The van der Waals surface area contributed by atoms with Crippen LogP contribution < -0.4 is 10.6 Å². The minimum atomic E-state index is 0.297. The Hall–Kier alpha value is -0.910. The molecule has 0 radical (unpaired) electrons. The van der Waals surface area contributed by atoms with Crippen LogP contribution in [-0.4, -0.2) is 35.8 Å². The number of halogens is 1. The summed E-state index contributed by atoms with van der Waals surface area (Å²) in [5, 5.41) is 7.01. The molecule has 0 aliphatic carbocycles. The smallest absolute Gasteiger partial charge is 0.224 e. The summed E-state index contributed by atoms with van der Waals surface area (Å²) in [5.41, 5.74) is 2.20. The Morgan fingerprint density at radius 3 is 3.22 bits per heavy atom. The Morgan fingerprint density at radius 1 is 1.44 bits per heavy atom. The fraction of sp³-hybridized carbons (Fsp3) is 0.667. The number of fused-ring (bicyclic) bond motifs is 1. The molecule has 18 heavy (non-hydrogen) atoms. The molecule has 0 saturated carbocycles. The molecule has 0 spiro atoms. The fourth-order valence-corrected chi connectivity index (χ4v) is 2.66. The summed E-state index contributed by atoms with van der Waals surface area (Å²) in [6, 6.07) is 0. The molecule has 1 fully saturated rings. The summed E-state index contributed by atoms with van der Waals surface area (Å²) < 4.78 is 5.59. The van der Waals surface area contributed by atoms with Crippen LogP contribution in [0.1, 0.15) is 24.1 Å². The summed E-state index contributed by atoms with van der Waals surface area (Å²) >= 11 is 5.96. The topological polar surface area (TPSA) is 59.1 Å². The van der Waals surface area contributed by atoms with Crippen molar-refractivity contribution < 1.29 is 4.74 Å². The van der Waals surface area contributed by atoms with Crippen molar-refractivity contribution in [1.29, 1.82) is 0 Å². The van der Waals surface area contributed by atoms with E-state index in [4.69, 9.17) is 16.3 Å². The van der Waals surface area contributed by atoms with Crippen molar-refractivity contribution in [2.24, 2.45) is 0 Å². The predicted octanol–water partition coefficient (Wildman–Crippen LogP) is 1.37. The standard InChI is InChI=1S/C12H17ClN4O/c13-12-16-10-3-4-14-7-9(10)11(17-12)15-6-8-2-1-5-18-8/h8,14H,1-7H2,(H,15,16,17). The van der Waals surface area contributed by atoms with Crippen LogP contribution in [0.3, 0.4) is 0 Å². The molecule has 6 heteroatoms. The molecule has 98 valence electrons. The maximum Gasteiger partial charge on any atom is 0.224 e. The van der Waals surface area contributed by atoms with E-state index in [0.29, 0.717) is 11.4 Å². The van der Waals surface area contributed by atoms with Gasteiger partial charge >= 0.3 is 0 Å². The number of rotatable bonds is 3. The van der Waals surface area contributed by atoms with Crippen molar-refractivity contribution in [3.05, 3.63) is 16.5 Å². The summed E-state index contributed by atoms with van der Waals surface area (Å²) in [6.07, 6.45) is 3.47. The van der Waals surface area contributed by atoms with Crippen LogP contribution >= 0.6 is 11.6 Å². The highest BCUT2D eigenvalue weighted by Gasteiger charge is 2.19. The third-order valence-corrected chi connectivity index (χ3v) is 3.60. The second kappa shape index (κ2) is 5.38. The van der Waals surface area contributed by atoms with Crippen LogP contribution in [0.25, 0.3) is 0 Å². The highest BCUT2D eigenvalue weighted by Crippen LogP contribution is 2.22. The second-order valence-corrected chi connectivity index (χ2v) is 5.05. The van der Waals surface area contributed by atoms with Gasteiger partial charge in [-0.05, 0) is 24.4 Å². The molecular weight excluding hydrogens is 252 g/mol. The van der Waals surface area contributed by atoms with E-state index in [1.54, 1.807) is 0 Å². The Morgan fingerprint density at radius 2 is 2.39 bits per heavy atom. The first-order valence-electron chi connectivity index (χ1n) is 6.44. The molecule has 3 heterocycles. The van der Waals surface area contributed by atoms with E-state index in [0.717, 1.165) is 62.6 Å². The molecule has 1 unspecified atom stereocenters. The van der Waals surface area contributed by atoms with Crippen LogP contribution in [0.2, 0.25) is 5.28 Å². The normalized spacial score (nSPS) is 22.8. The molecule has 2 aliphatic rings. The lowest BCUT2D eigenvalue weighted by atomic mass is 10.1. The Balaban J connectivity index is 1.75. The third kappa shape index (κ3) is 2.58. The van der Waals surface area contributed by atoms with Gasteiger partial charge in [-0.3, -0.25) is 0 Å². The average molecular weight is 269 g/mol. The number of anilines is 1. The minimum Gasteiger partial charge on any atom is -0.376 e. The van der Waals surface area contributed by atoms with E-state index < -0.39 is 0 Å². The van der Waals surface area contributed by atoms with Gasteiger partial charge in [-0.15, -0.1) is 0 Å².